The van der Waals surface area contributed by atoms with Gasteiger partial charge in [0.15, 0.2) is 0 Å². The number of fused-ring (bicyclic) bond motifs is 1. The summed E-state index contributed by atoms with van der Waals surface area (Å²) in [6.45, 7) is 3.93. The van der Waals surface area contributed by atoms with Gasteiger partial charge in [-0.3, -0.25) is 0 Å². The van der Waals surface area contributed by atoms with Crippen LogP contribution in [0.3, 0.4) is 0 Å². The van der Waals surface area contributed by atoms with Gasteiger partial charge in [0.05, 0.1) is 4.34 Å². The van der Waals surface area contributed by atoms with Gasteiger partial charge in [0.2, 0.25) is 0 Å². The van der Waals surface area contributed by atoms with Crippen molar-refractivity contribution in [3.63, 3.8) is 0 Å². The lowest BCUT2D eigenvalue weighted by Crippen LogP contribution is -2.53. The van der Waals surface area contributed by atoms with Gasteiger partial charge >= 0.3 is 6.09 Å². The largest absolute Gasteiger partial charge is 0.465 e. The summed E-state index contributed by atoms with van der Waals surface area (Å²) in [6.07, 6.45) is -0.836. The summed E-state index contributed by atoms with van der Waals surface area (Å²) in [4.78, 5) is 14.8. The summed E-state index contributed by atoms with van der Waals surface area (Å²) >= 11 is 7.60. The van der Waals surface area contributed by atoms with E-state index in [1.165, 1.54) is 9.60 Å². The molecule has 1 amide bonds. The molecule has 20 heavy (non-hydrogen) atoms. The zero-order valence-electron chi connectivity index (χ0n) is 11.0. The summed E-state index contributed by atoms with van der Waals surface area (Å²) in [7, 11) is 0. The first-order valence-corrected chi connectivity index (χ1v) is 7.67. The van der Waals surface area contributed by atoms with Crippen LogP contribution in [0.2, 0.25) is 4.34 Å². The highest BCUT2D eigenvalue weighted by Gasteiger charge is 2.27. The third-order valence-electron chi connectivity index (χ3n) is 3.71. The van der Waals surface area contributed by atoms with Gasteiger partial charge in [0.1, 0.15) is 0 Å². The van der Waals surface area contributed by atoms with Crippen molar-refractivity contribution in [3.05, 3.63) is 28.6 Å². The molecule has 1 aromatic carbocycles. The van der Waals surface area contributed by atoms with Gasteiger partial charge in [-0.1, -0.05) is 17.7 Å². The Bertz CT molecular complexity index is 658. The zero-order chi connectivity index (χ0) is 14.3. The van der Waals surface area contributed by atoms with Crippen LogP contribution >= 0.6 is 22.9 Å². The minimum atomic E-state index is -0.836. The van der Waals surface area contributed by atoms with Gasteiger partial charge in [0, 0.05) is 36.1 Å². The van der Waals surface area contributed by atoms with Crippen molar-refractivity contribution in [2.75, 3.05) is 24.5 Å². The number of nitrogens with zero attached hydrogens (tertiary/aromatic N) is 2. The van der Waals surface area contributed by atoms with E-state index in [0.29, 0.717) is 6.54 Å². The smallest absolute Gasteiger partial charge is 0.407 e. The summed E-state index contributed by atoms with van der Waals surface area (Å²) in [5, 5.41) is 10.3. The maximum Gasteiger partial charge on any atom is 0.407 e. The molecule has 3 rings (SSSR count). The van der Waals surface area contributed by atoms with Crippen molar-refractivity contribution in [3.8, 4) is 0 Å². The molecule has 1 saturated heterocycles. The number of anilines is 1. The first-order valence-electron chi connectivity index (χ1n) is 6.48. The molecule has 2 heterocycles. The number of rotatable bonds is 1. The van der Waals surface area contributed by atoms with Crippen molar-refractivity contribution in [1.29, 1.82) is 0 Å². The molecule has 0 saturated carbocycles. The van der Waals surface area contributed by atoms with E-state index in [-0.39, 0.29) is 6.04 Å². The summed E-state index contributed by atoms with van der Waals surface area (Å²) in [5.74, 6) is 0. The Morgan fingerprint density at radius 2 is 2.20 bits per heavy atom. The lowest BCUT2D eigenvalue weighted by atomic mass is 10.1. The average Bonchev–Trinajstić information content (AvgIpc) is 2.77. The van der Waals surface area contributed by atoms with Gasteiger partial charge in [-0.2, -0.15) is 0 Å². The molecule has 0 aliphatic carbocycles. The van der Waals surface area contributed by atoms with Crippen LogP contribution in [0.15, 0.2) is 24.3 Å². The fourth-order valence-corrected chi connectivity index (χ4v) is 3.85. The second-order valence-corrected chi connectivity index (χ2v) is 6.76. The molecule has 2 aromatic rings. The molecule has 1 aromatic heterocycles. The van der Waals surface area contributed by atoms with Crippen molar-refractivity contribution >= 4 is 44.8 Å². The van der Waals surface area contributed by atoms with Gasteiger partial charge in [-0.15, -0.1) is 11.3 Å². The van der Waals surface area contributed by atoms with Crippen LogP contribution in [0.25, 0.3) is 10.1 Å². The number of amides is 1. The maximum atomic E-state index is 11.1. The van der Waals surface area contributed by atoms with E-state index in [1.807, 2.05) is 13.0 Å². The quantitative estimate of drug-likeness (QED) is 0.872. The maximum absolute atomic E-state index is 11.1. The predicted molar refractivity (Wildman–Crippen MR) is 83.2 cm³/mol. The highest BCUT2D eigenvalue weighted by Crippen LogP contribution is 2.32. The molecular formula is C14H15ClN2O2S. The zero-order valence-corrected chi connectivity index (χ0v) is 12.6. The molecule has 0 bridgehead atoms. The molecule has 1 aliphatic rings. The van der Waals surface area contributed by atoms with Gasteiger partial charge < -0.3 is 14.9 Å². The topological polar surface area (TPSA) is 43.8 Å². The number of carboxylic acid groups (broad SMARTS) is 1. The van der Waals surface area contributed by atoms with E-state index in [9.17, 15) is 4.79 Å². The van der Waals surface area contributed by atoms with Gasteiger partial charge in [-0.25, -0.2) is 4.79 Å². The van der Waals surface area contributed by atoms with Crippen LogP contribution in [-0.2, 0) is 0 Å². The molecule has 6 heteroatoms. The second-order valence-electron chi connectivity index (χ2n) is 5.04. The van der Waals surface area contributed by atoms with Crippen molar-refractivity contribution < 1.29 is 9.90 Å². The molecule has 4 nitrogen and oxygen atoms in total. The Hall–Kier alpha value is -1.46. The van der Waals surface area contributed by atoms with Crippen LogP contribution in [0.5, 0.6) is 0 Å². The van der Waals surface area contributed by atoms with Crippen molar-refractivity contribution in [2.24, 2.45) is 0 Å². The average molecular weight is 311 g/mol. The predicted octanol–water partition coefficient (Wildman–Crippen LogP) is 3.74. The normalized spacial score (nSPS) is 19.6. The summed E-state index contributed by atoms with van der Waals surface area (Å²) in [6, 6.07) is 8.25. The Morgan fingerprint density at radius 3 is 2.90 bits per heavy atom. The Kier molecular flexibility index (Phi) is 3.48. The Morgan fingerprint density at radius 1 is 1.40 bits per heavy atom. The first kappa shape index (κ1) is 13.5. The molecule has 1 fully saturated rings. The van der Waals surface area contributed by atoms with Crippen LogP contribution < -0.4 is 4.90 Å². The van der Waals surface area contributed by atoms with Crippen molar-refractivity contribution in [2.45, 2.75) is 13.0 Å². The Labute approximate surface area is 126 Å². The van der Waals surface area contributed by atoms with E-state index in [1.54, 1.807) is 11.3 Å². The first-order chi connectivity index (χ1) is 9.54. The third-order valence-corrected chi connectivity index (χ3v) is 4.94. The number of piperazine rings is 1. The van der Waals surface area contributed by atoms with E-state index < -0.39 is 6.09 Å². The van der Waals surface area contributed by atoms with Crippen LogP contribution in [-0.4, -0.2) is 41.8 Å². The number of carbonyl (C=O) groups is 1. The lowest BCUT2D eigenvalue weighted by molar-refractivity contribution is 0.123. The Balaban J connectivity index is 1.83. The second kappa shape index (κ2) is 5.14. The number of halogens is 1. The fraction of sp³-hybridized carbons (Fsp3) is 0.357. The molecule has 1 N–H and O–H groups in total. The standard InChI is InChI=1S/C14H15ClN2O2S/c1-9-8-16(4-5-17(9)14(18)19)11-3-2-10-6-13(15)20-12(10)7-11/h2-3,6-7,9H,4-5,8H2,1H3,(H,18,19)/t9-/m1/s1. The number of hydrogen-bond acceptors (Lipinski definition) is 3. The monoisotopic (exact) mass is 310 g/mol. The van der Waals surface area contributed by atoms with E-state index in [2.05, 4.69) is 23.1 Å². The van der Waals surface area contributed by atoms with Crippen LogP contribution in [0.4, 0.5) is 10.5 Å². The molecular weight excluding hydrogens is 296 g/mol. The SMILES string of the molecule is C[C@@H]1CN(c2ccc3cc(Cl)sc3c2)CCN1C(=O)O. The highest BCUT2D eigenvalue weighted by atomic mass is 35.5. The third kappa shape index (κ3) is 2.43. The minimum absolute atomic E-state index is 0.00358. The van der Waals surface area contributed by atoms with Crippen LogP contribution in [0, 0.1) is 0 Å². The fourth-order valence-electron chi connectivity index (χ4n) is 2.66. The minimum Gasteiger partial charge on any atom is -0.465 e. The molecule has 0 unspecified atom stereocenters. The van der Waals surface area contributed by atoms with E-state index in [4.69, 9.17) is 16.7 Å². The lowest BCUT2D eigenvalue weighted by Gasteiger charge is -2.39. The molecule has 1 atom stereocenters. The summed E-state index contributed by atoms with van der Waals surface area (Å²) < 4.78 is 1.96. The van der Waals surface area contributed by atoms with E-state index >= 15 is 0 Å². The number of thiophene rings is 1. The van der Waals surface area contributed by atoms with E-state index in [0.717, 1.165) is 28.5 Å². The van der Waals surface area contributed by atoms with Crippen molar-refractivity contribution in [1.82, 2.24) is 4.90 Å². The summed E-state index contributed by atoms with van der Waals surface area (Å²) in [5.41, 5.74) is 1.13. The molecule has 1 aliphatic heterocycles. The number of hydrogen-bond donors (Lipinski definition) is 1. The number of benzene rings is 1. The molecule has 0 radical (unpaired) electrons. The van der Waals surface area contributed by atoms with Gasteiger partial charge in [-0.05, 0) is 30.5 Å². The molecule has 0 spiro atoms. The molecule has 106 valence electrons. The van der Waals surface area contributed by atoms with Crippen LogP contribution in [0.1, 0.15) is 6.92 Å². The van der Waals surface area contributed by atoms with Gasteiger partial charge in [0.25, 0.3) is 0 Å². The highest BCUT2D eigenvalue weighted by molar-refractivity contribution is 7.22.